The molecule has 1 saturated heterocycles. The van der Waals surface area contributed by atoms with Gasteiger partial charge in [0.05, 0.1) is 0 Å². The third-order valence-electron chi connectivity index (χ3n) is 2.33. The molecular formula is C8H12ClN3S. The predicted octanol–water partition coefficient (Wildman–Crippen LogP) is 2.31. The molecule has 1 aliphatic heterocycles. The Bertz CT molecular complexity index is 274. The molecule has 1 aromatic rings. The van der Waals surface area contributed by atoms with E-state index in [2.05, 4.69) is 10.2 Å². The lowest BCUT2D eigenvalue weighted by atomic mass is 10.2. The van der Waals surface area contributed by atoms with Crippen molar-refractivity contribution in [3.8, 4) is 0 Å². The number of nitrogens with zero attached hydrogens (tertiary/aromatic N) is 3. The Balaban J connectivity index is 2.22. The van der Waals surface area contributed by atoms with E-state index < -0.39 is 0 Å². The molecular weight excluding hydrogens is 206 g/mol. The zero-order chi connectivity index (χ0) is 9.26. The van der Waals surface area contributed by atoms with Crippen LogP contribution in [-0.2, 0) is 0 Å². The van der Waals surface area contributed by atoms with Crippen LogP contribution in [0, 0.1) is 6.92 Å². The standard InChI is InChI=1S/C8H12ClN3S/c1-6-10-11-8(9)12(6)7-3-2-4-13-5-7/h7H,2-5H2,1H3. The Morgan fingerprint density at radius 1 is 1.54 bits per heavy atom. The second kappa shape index (κ2) is 3.88. The van der Waals surface area contributed by atoms with Gasteiger partial charge in [0.1, 0.15) is 5.82 Å². The maximum absolute atomic E-state index is 5.96. The zero-order valence-corrected chi connectivity index (χ0v) is 9.11. The van der Waals surface area contributed by atoms with Crippen LogP contribution in [-0.4, -0.2) is 26.3 Å². The second-order valence-corrected chi connectivity index (χ2v) is 4.75. The summed E-state index contributed by atoms with van der Waals surface area (Å²) in [5.41, 5.74) is 0. The number of aromatic nitrogens is 3. The van der Waals surface area contributed by atoms with Gasteiger partial charge in [-0.2, -0.15) is 11.8 Å². The van der Waals surface area contributed by atoms with Crippen LogP contribution in [0.1, 0.15) is 24.7 Å². The molecule has 1 aromatic heterocycles. The lowest BCUT2D eigenvalue weighted by Crippen LogP contribution is -2.17. The first-order valence-electron chi connectivity index (χ1n) is 4.44. The van der Waals surface area contributed by atoms with E-state index in [1.807, 2.05) is 23.3 Å². The molecule has 2 heterocycles. The highest BCUT2D eigenvalue weighted by Gasteiger charge is 2.20. The summed E-state index contributed by atoms with van der Waals surface area (Å²) in [4.78, 5) is 0. The van der Waals surface area contributed by atoms with Gasteiger partial charge in [-0.1, -0.05) is 0 Å². The number of aryl methyl sites for hydroxylation is 1. The average Bonchev–Trinajstić information content (AvgIpc) is 2.48. The van der Waals surface area contributed by atoms with E-state index in [0.717, 1.165) is 11.6 Å². The third-order valence-corrected chi connectivity index (χ3v) is 3.78. The molecule has 1 aliphatic rings. The Labute approximate surface area is 86.9 Å². The van der Waals surface area contributed by atoms with Crippen molar-refractivity contribution in [2.75, 3.05) is 11.5 Å². The maximum atomic E-state index is 5.96. The molecule has 0 aromatic carbocycles. The van der Waals surface area contributed by atoms with E-state index in [1.54, 1.807) is 0 Å². The SMILES string of the molecule is Cc1nnc(Cl)n1C1CCCSC1. The predicted molar refractivity (Wildman–Crippen MR) is 55.4 cm³/mol. The topological polar surface area (TPSA) is 30.7 Å². The first kappa shape index (κ1) is 9.34. The first-order valence-corrected chi connectivity index (χ1v) is 5.97. The molecule has 1 unspecified atom stereocenters. The molecule has 5 heteroatoms. The number of rotatable bonds is 1. The van der Waals surface area contributed by atoms with Gasteiger partial charge in [-0.3, -0.25) is 4.57 Å². The summed E-state index contributed by atoms with van der Waals surface area (Å²) in [7, 11) is 0. The maximum Gasteiger partial charge on any atom is 0.225 e. The quantitative estimate of drug-likeness (QED) is 0.724. The zero-order valence-electron chi connectivity index (χ0n) is 7.53. The van der Waals surface area contributed by atoms with Crippen LogP contribution >= 0.6 is 23.4 Å². The minimum absolute atomic E-state index is 0.501. The number of hydrogen-bond acceptors (Lipinski definition) is 3. The fourth-order valence-electron chi connectivity index (χ4n) is 1.69. The number of hydrogen-bond donors (Lipinski definition) is 0. The van der Waals surface area contributed by atoms with Crippen LogP contribution in [0.25, 0.3) is 0 Å². The molecule has 1 atom stereocenters. The summed E-state index contributed by atoms with van der Waals surface area (Å²) in [5, 5.41) is 8.36. The molecule has 0 spiro atoms. The van der Waals surface area contributed by atoms with Gasteiger partial charge in [0.25, 0.3) is 0 Å². The third kappa shape index (κ3) is 1.83. The van der Waals surface area contributed by atoms with Gasteiger partial charge in [0, 0.05) is 11.8 Å². The fraction of sp³-hybridized carbons (Fsp3) is 0.750. The van der Waals surface area contributed by atoms with Crippen molar-refractivity contribution >= 4 is 23.4 Å². The summed E-state index contributed by atoms with van der Waals surface area (Å²) >= 11 is 7.94. The summed E-state index contributed by atoms with van der Waals surface area (Å²) < 4.78 is 2.05. The molecule has 1 fully saturated rings. The average molecular weight is 218 g/mol. The van der Waals surface area contributed by atoms with Crippen LogP contribution in [0.3, 0.4) is 0 Å². The van der Waals surface area contributed by atoms with Crippen molar-refractivity contribution in [3.63, 3.8) is 0 Å². The van der Waals surface area contributed by atoms with E-state index >= 15 is 0 Å². The van der Waals surface area contributed by atoms with Crippen molar-refractivity contribution in [3.05, 3.63) is 11.1 Å². The molecule has 0 saturated carbocycles. The van der Waals surface area contributed by atoms with Gasteiger partial charge in [0.15, 0.2) is 0 Å². The highest BCUT2D eigenvalue weighted by Crippen LogP contribution is 2.29. The minimum Gasteiger partial charge on any atom is -0.298 e. The fourth-order valence-corrected chi connectivity index (χ4v) is 3.11. The summed E-state index contributed by atoms with van der Waals surface area (Å²) in [6.07, 6.45) is 2.47. The van der Waals surface area contributed by atoms with E-state index in [1.165, 1.54) is 18.6 Å². The van der Waals surface area contributed by atoms with E-state index in [4.69, 9.17) is 11.6 Å². The van der Waals surface area contributed by atoms with Gasteiger partial charge < -0.3 is 0 Å². The Kier molecular flexibility index (Phi) is 2.79. The van der Waals surface area contributed by atoms with Crippen LogP contribution in [0.5, 0.6) is 0 Å². The molecule has 72 valence electrons. The van der Waals surface area contributed by atoms with Crippen molar-refractivity contribution in [1.82, 2.24) is 14.8 Å². The van der Waals surface area contributed by atoms with Crippen LogP contribution in [0.2, 0.25) is 5.28 Å². The highest BCUT2D eigenvalue weighted by molar-refractivity contribution is 7.99. The van der Waals surface area contributed by atoms with Gasteiger partial charge in [0.2, 0.25) is 5.28 Å². The van der Waals surface area contributed by atoms with Gasteiger partial charge >= 0.3 is 0 Å². The van der Waals surface area contributed by atoms with Crippen LogP contribution in [0.15, 0.2) is 0 Å². The van der Waals surface area contributed by atoms with Crippen molar-refractivity contribution in [2.45, 2.75) is 25.8 Å². The smallest absolute Gasteiger partial charge is 0.225 e. The lowest BCUT2D eigenvalue weighted by molar-refractivity contribution is 0.489. The number of halogens is 1. The van der Waals surface area contributed by atoms with Crippen molar-refractivity contribution in [2.24, 2.45) is 0 Å². The minimum atomic E-state index is 0.501. The van der Waals surface area contributed by atoms with Crippen LogP contribution in [0.4, 0.5) is 0 Å². The molecule has 0 bridgehead atoms. The Hall–Kier alpha value is -0.220. The molecule has 13 heavy (non-hydrogen) atoms. The monoisotopic (exact) mass is 217 g/mol. The summed E-state index contributed by atoms with van der Waals surface area (Å²) in [6.45, 7) is 1.96. The lowest BCUT2D eigenvalue weighted by Gasteiger charge is -2.23. The molecule has 0 N–H and O–H groups in total. The number of thioether (sulfide) groups is 1. The largest absolute Gasteiger partial charge is 0.298 e. The normalized spacial score (nSPS) is 23.4. The van der Waals surface area contributed by atoms with Crippen molar-refractivity contribution in [1.29, 1.82) is 0 Å². The van der Waals surface area contributed by atoms with Gasteiger partial charge in [-0.25, -0.2) is 0 Å². The molecule has 0 amide bonds. The Morgan fingerprint density at radius 3 is 2.92 bits per heavy atom. The summed E-state index contributed by atoms with van der Waals surface area (Å²) in [6, 6.07) is 0.501. The van der Waals surface area contributed by atoms with Gasteiger partial charge in [-0.15, -0.1) is 10.2 Å². The molecule has 0 radical (unpaired) electrons. The second-order valence-electron chi connectivity index (χ2n) is 3.26. The molecule has 2 rings (SSSR count). The van der Waals surface area contributed by atoms with E-state index in [-0.39, 0.29) is 0 Å². The van der Waals surface area contributed by atoms with Crippen LogP contribution < -0.4 is 0 Å². The van der Waals surface area contributed by atoms with E-state index in [9.17, 15) is 0 Å². The van der Waals surface area contributed by atoms with Crippen molar-refractivity contribution < 1.29 is 0 Å². The summed E-state index contributed by atoms with van der Waals surface area (Å²) in [5.74, 6) is 3.34. The molecule has 3 nitrogen and oxygen atoms in total. The first-order chi connectivity index (χ1) is 6.29. The highest BCUT2D eigenvalue weighted by atomic mass is 35.5. The Morgan fingerprint density at radius 2 is 2.38 bits per heavy atom. The van der Waals surface area contributed by atoms with E-state index in [0.29, 0.717) is 11.3 Å². The van der Waals surface area contributed by atoms with Gasteiger partial charge in [-0.05, 0) is 37.1 Å². The molecule has 0 aliphatic carbocycles.